The molecule has 0 aliphatic carbocycles. The van der Waals surface area contributed by atoms with E-state index in [0.717, 1.165) is 57.8 Å². The Balaban J connectivity index is 1.40. The smallest absolute Gasteiger partial charge is 0.418 e. The molecule has 3 aliphatic rings. The number of benzene rings is 1. The second kappa shape index (κ2) is 10.6. The third kappa shape index (κ3) is 5.30. The summed E-state index contributed by atoms with van der Waals surface area (Å²) in [6.07, 6.45) is -2.54. The number of nitrogens with one attached hydrogen (secondary N) is 1. The van der Waals surface area contributed by atoms with Gasteiger partial charge >= 0.3 is 12.2 Å². The van der Waals surface area contributed by atoms with Crippen molar-refractivity contribution in [2.24, 2.45) is 0 Å². The molecule has 0 bridgehead atoms. The van der Waals surface area contributed by atoms with Crippen LogP contribution >= 0.6 is 11.6 Å². The van der Waals surface area contributed by atoms with Crippen molar-refractivity contribution in [3.05, 3.63) is 34.9 Å². The van der Waals surface area contributed by atoms with Crippen LogP contribution in [0, 0.1) is 0 Å². The quantitative estimate of drug-likeness (QED) is 0.466. The Morgan fingerprint density at radius 3 is 2.62 bits per heavy atom. The van der Waals surface area contributed by atoms with Gasteiger partial charge < -0.3 is 25.4 Å². The van der Waals surface area contributed by atoms with E-state index in [1.54, 1.807) is 6.07 Å². The number of ether oxygens (including phenoxy) is 2. The maximum absolute atomic E-state index is 13.9. The van der Waals surface area contributed by atoms with Gasteiger partial charge in [0.2, 0.25) is 0 Å². The predicted molar refractivity (Wildman–Crippen MR) is 142 cm³/mol. The van der Waals surface area contributed by atoms with E-state index in [9.17, 15) is 13.2 Å². The number of anilines is 2. The van der Waals surface area contributed by atoms with E-state index >= 15 is 0 Å². The molecule has 3 N–H and O–H groups in total. The zero-order valence-corrected chi connectivity index (χ0v) is 21.9. The number of alkyl halides is 3. The minimum Gasteiger partial charge on any atom is -0.462 e. The molecule has 13 heteroatoms. The second-order valence-electron chi connectivity index (χ2n) is 10.1. The van der Waals surface area contributed by atoms with Gasteiger partial charge in [0, 0.05) is 43.2 Å². The van der Waals surface area contributed by atoms with Gasteiger partial charge in [-0.1, -0.05) is 11.6 Å². The van der Waals surface area contributed by atoms with E-state index in [2.05, 4.69) is 25.1 Å². The monoisotopic (exact) mass is 563 g/mol. The highest BCUT2D eigenvalue weighted by atomic mass is 35.5. The highest BCUT2D eigenvalue weighted by Crippen LogP contribution is 2.41. The molecule has 0 amide bonds. The molecule has 9 nitrogen and oxygen atoms in total. The van der Waals surface area contributed by atoms with E-state index in [-0.39, 0.29) is 34.2 Å². The van der Waals surface area contributed by atoms with Crippen molar-refractivity contribution in [3.63, 3.8) is 0 Å². The summed E-state index contributed by atoms with van der Waals surface area (Å²) in [6, 6.07) is 5.98. The number of hydrogen-bond donors (Lipinski definition) is 2. The molecule has 0 radical (unpaired) electrons. The number of halogens is 4. The lowest BCUT2D eigenvalue weighted by Gasteiger charge is -2.38. The van der Waals surface area contributed by atoms with E-state index < -0.39 is 11.7 Å². The molecule has 1 aromatic carbocycles. The maximum atomic E-state index is 13.9. The summed E-state index contributed by atoms with van der Waals surface area (Å²) in [6.45, 7) is 5.85. The van der Waals surface area contributed by atoms with Crippen LogP contribution in [0.1, 0.15) is 18.4 Å². The fraction of sp³-hybridized carbons (Fsp3) is 0.500. The number of rotatable bonds is 6. The van der Waals surface area contributed by atoms with E-state index in [4.69, 9.17) is 31.8 Å². The lowest BCUT2D eigenvalue weighted by Crippen LogP contribution is -2.52. The molecule has 1 atom stereocenters. The molecule has 5 heterocycles. The third-order valence-electron chi connectivity index (χ3n) is 7.55. The highest BCUT2D eigenvalue weighted by molar-refractivity contribution is 6.34. The lowest BCUT2D eigenvalue weighted by molar-refractivity contribution is -0.137. The number of nitrogen functional groups attached to an aromatic ring is 1. The lowest BCUT2D eigenvalue weighted by atomic mass is 10.0. The first-order valence-corrected chi connectivity index (χ1v) is 13.4. The summed E-state index contributed by atoms with van der Waals surface area (Å²) in [7, 11) is 0. The highest BCUT2D eigenvalue weighted by Gasteiger charge is 2.36. The molecule has 208 valence electrons. The van der Waals surface area contributed by atoms with Gasteiger partial charge in [0.15, 0.2) is 0 Å². The maximum Gasteiger partial charge on any atom is 0.418 e. The first-order chi connectivity index (χ1) is 18.8. The van der Waals surface area contributed by atoms with Gasteiger partial charge in [0.25, 0.3) is 0 Å². The van der Waals surface area contributed by atoms with Crippen LogP contribution < -0.4 is 20.7 Å². The SMILES string of the molecule is Nc1ccc(C(F)(F)F)c(-c2cc3nc(OC[C@@H]4CCCN4C4COC4)nc(N4CCNCC4)c3cc2Cl)n1. The Kier molecular flexibility index (Phi) is 7.13. The number of nitrogens with zero attached hydrogens (tertiary/aromatic N) is 5. The molecule has 3 fully saturated rings. The first kappa shape index (κ1) is 26.3. The zero-order chi connectivity index (χ0) is 27.1. The van der Waals surface area contributed by atoms with Crippen molar-refractivity contribution in [2.75, 3.05) is 63.2 Å². The van der Waals surface area contributed by atoms with Gasteiger partial charge in [-0.25, -0.2) is 4.98 Å². The van der Waals surface area contributed by atoms with Crippen LogP contribution in [0.4, 0.5) is 24.8 Å². The Morgan fingerprint density at radius 1 is 1.10 bits per heavy atom. The van der Waals surface area contributed by atoms with Crippen molar-refractivity contribution in [1.82, 2.24) is 25.2 Å². The van der Waals surface area contributed by atoms with Gasteiger partial charge in [-0.2, -0.15) is 23.1 Å². The van der Waals surface area contributed by atoms with Crippen LogP contribution in [0.3, 0.4) is 0 Å². The minimum absolute atomic E-state index is 0.0413. The van der Waals surface area contributed by atoms with Gasteiger partial charge in [0.1, 0.15) is 18.2 Å². The van der Waals surface area contributed by atoms with Crippen LogP contribution in [-0.4, -0.2) is 84.5 Å². The Morgan fingerprint density at radius 2 is 1.90 bits per heavy atom. The number of fused-ring (bicyclic) bond motifs is 1. The number of hydrogen-bond acceptors (Lipinski definition) is 9. The normalized spacial score (nSPS) is 20.9. The predicted octanol–water partition coefficient (Wildman–Crippen LogP) is 3.60. The molecular weight excluding hydrogens is 535 g/mol. The van der Waals surface area contributed by atoms with Crippen molar-refractivity contribution in [1.29, 1.82) is 0 Å². The largest absolute Gasteiger partial charge is 0.462 e. The van der Waals surface area contributed by atoms with Crippen molar-refractivity contribution >= 4 is 34.1 Å². The molecular formula is C26H29ClF3N7O2. The van der Waals surface area contributed by atoms with Crippen LogP contribution in [0.2, 0.25) is 5.02 Å². The van der Waals surface area contributed by atoms with E-state index in [0.29, 0.717) is 42.5 Å². The molecule has 0 unspecified atom stereocenters. The summed E-state index contributed by atoms with van der Waals surface area (Å²) >= 11 is 6.59. The van der Waals surface area contributed by atoms with Crippen molar-refractivity contribution < 1.29 is 22.6 Å². The molecule has 39 heavy (non-hydrogen) atoms. The minimum atomic E-state index is -4.64. The number of likely N-dealkylation sites (tertiary alicyclic amines) is 1. The summed E-state index contributed by atoms with van der Waals surface area (Å²) in [4.78, 5) is 17.9. The molecule has 0 spiro atoms. The first-order valence-electron chi connectivity index (χ1n) is 13.1. The van der Waals surface area contributed by atoms with E-state index in [1.807, 2.05) is 0 Å². The Hall–Kier alpha value is -2.93. The van der Waals surface area contributed by atoms with E-state index in [1.165, 1.54) is 6.07 Å². The van der Waals surface area contributed by atoms with Crippen molar-refractivity contribution in [3.8, 4) is 17.3 Å². The molecule has 0 saturated carbocycles. The summed E-state index contributed by atoms with van der Waals surface area (Å²) in [5.41, 5.74) is 5.01. The standard InChI is InChI=1S/C26H29ClF3N7O2/c27-20-10-18-21(11-17(20)23-19(26(28,29)30)3-4-22(31)34-23)33-25(35-24(18)36-8-5-32-6-9-36)39-14-15-2-1-7-37(15)16-12-38-13-16/h3-4,10-11,15-16,32H,1-2,5-9,12-14H2,(H2,31,34)/t15-/m0/s1. The van der Waals surface area contributed by atoms with Crippen LogP contribution in [0.25, 0.3) is 22.2 Å². The van der Waals surface area contributed by atoms with Crippen LogP contribution in [0.15, 0.2) is 24.3 Å². The topological polar surface area (TPSA) is 102 Å². The fourth-order valence-corrected chi connectivity index (χ4v) is 5.74. The van der Waals surface area contributed by atoms with Crippen LogP contribution in [-0.2, 0) is 10.9 Å². The summed E-state index contributed by atoms with van der Waals surface area (Å²) < 4.78 is 53.1. The number of aromatic nitrogens is 3. The van der Waals surface area contributed by atoms with Gasteiger partial charge in [0.05, 0.1) is 41.1 Å². The van der Waals surface area contributed by atoms with Crippen molar-refractivity contribution in [2.45, 2.75) is 31.1 Å². The Bertz CT molecular complexity index is 1370. The molecule has 3 saturated heterocycles. The molecule has 3 aromatic rings. The summed E-state index contributed by atoms with van der Waals surface area (Å²) in [5, 5.41) is 4.05. The second-order valence-corrected chi connectivity index (χ2v) is 10.5. The molecule has 2 aromatic heterocycles. The average molecular weight is 564 g/mol. The van der Waals surface area contributed by atoms with Crippen LogP contribution in [0.5, 0.6) is 6.01 Å². The number of pyridine rings is 1. The third-order valence-corrected chi connectivity index (χ3v) is 7.87. The zero-order valence-electron chi connectivity index (χ0n) is 21.2. The number of nitrogens with two attached hydrogens (primary N) is 1. The number of piperazine rings is 1. The molecule has 3 aliphatic heterocycles. The fourth-order valence-electron chi connectivity index (χ4n) is 5.49. The van der Waals surface area contributed by atoms with Gasteiger partial charge in [-0.3, -0.25) is 4.90 Å². The Labute approximate surface area is 228 Å². The van der Waals surface area contributed by atoms with Gasteiger partial charge in [-0.05, 0) is 43.7 Å². The molecule has 6 rings (SSSR count). The average Bonchev–Trinajstić information content (AvgIpc) is 3.33. The summed E-state index contributed by atoms with van der Waals surface area (Å²) in [5.74, 6) is 0.595. The van der Waals surface area contributed by atoms with Gasteiger partial charge in [-0.15, -0.1) is 0 Å².